The predicted molar refractivity (Wildman–Crippen MR) is 76.4 cm³/mol. The molecule has 1 heterocycles. The molecule has 2 rings (SSSR count). The van der Waals surface area contributed by atoms with Crippen molar-refractivity contribution in [1.29, 1.82) is 0 Å². The van der Waals surface area contributed by atoms with Gasteiger partial charge in [-0.15, -0.1) is 0 Å². The smallest absolute Gasteiger partial charge is 0.303 e. The van der Waals surface area contributed by atoms with Crippen molar-refractivity contribution < 1.29 is 14.7 Å². The number of aliphatic carboxylic acids is 1. The highest BCUT2D eigenvalue weighted by Gasteiger charge is 2.42. The Balaban J connectivity index is 1.91. The topological polar surface area (TPSA) is 78.4 Å². The first-order valence-electron chi connectivity index (χ1n) is 7.73. The van der Waals surface area contributed by atoms with E-state index in [1.807, 2.05) is 0 Å². The summed E-state index contributed by atoms with van der Waals surface area (Å²) in [5.41, 5.74) is -0.442. The van der Waals surface area contributed by atoms with Gasteiger partial charge < -0.3 is 15.7 Å². The molecule has 1 amide bonds. The van der Waals surface area contributed by atoms with Gasteiger partial charge in [0.25, 0.3) is 0 Å². The molecule has 1 saturated heterocycles. The minimum atomic E-state index is -0.758. The van der Waals surface area contributed by atoms with Gasteiger partial charge in [0, 0.05) is 6.54 Å². The van der Waals surface area contributed by atoms with Crippen LogP contribution in [0.2, 0.25) is 0 Å². The summed E-state index contributed by atoms with van der Waals surface area (Å²) in [6.07, 6.45) is 5.69. The first-order chi connectivity index (χ1) is 9.52. The molecule has 114 valence electrons. The fraction of sp³-hybridized carbons (Fsp3) is 0.867. The zero-order chi connectivity index (χ0) is 14.6. The molecule has 20 heavy (non-hydrogen) atoms. The largest absolute Gasteiger partial charge is 0.481 e. The zero-order valence-electron chi connectivity index (χ0n) is 12.3. The summed E-state index contributed by atoms with van der Waals surface area (Å²) in [5.74, 6) is -0.635. The summed E-state index contributed by atoms with van der Waals surface area (Å²) in [5, 5.41) is 15.4. The molecule has 0 spiro atoms. The Morgan fingerprint density at radius 3 is 2.30 bits per heavy atom. The van der Waals surface area contributed by atoms with E-state index in [4.69, 9.17) is 5.11 Å². The van der Waals surface area contributed by atoms with Crippen LogP contribution in [0.25, 0.3) is 0 Å². The molecular formula is C15H26N2O3. The minimum absolute atomic E-state index is 0.123. The molecule has 0 aromatic rings. The molecule has 0 aromatic carbocycles. The Morgan fingerprint density at radius 1 is 1.20 bits per heavy atom. The van der Waals surface area contributed by atoms with E-state index in [2.05, 4.69) is 17.6 Å². The number of carboxylic acid groups (broad SMARTS) is 1. The number of carbonyl (C=O) groups is 2. The third-order valence-electron chi connectivity index (χ3n) is 5.28. The van der Waals surface area contributed by atoms with Crippen LogP contribution in [0, 0.1) is 10.8 Å². The van der Waals surface area contributed by atoms with Crippen molar-refractivity contribution in [3.05, 3.63) is 0 Å². The number of hydrogen-bond donors (Lipinski definition) is 3. The van der Waals surface area contributed by atoms with E-state index >= 15 is 0 Å². The van der Waals surface area contributed by atoms with Gasteiger partial charge in [-0.1, -0.05) is 13.3 Å². The number of rotatable bonds is 6. The van der Waals surface area contributed by atoms with Crippen LogP contribution >= 0.6 is 0 Å². The standard InChI is InChI=1S/C15H26N2O3/c1-2-15(6-8-16-9-7-15)13(20)17-11-14(4-3-5-14)10-12(18)19/h16H,2-11H2,1H3,(H,17,20)(H,18,19). The van der Waals surface area contributed by atoms with Gasteiger partial charge >= 0.3 is 5.97 Å². The van der Waals surface area contributed by atoms with Crippen molar-refractivity contribution in [2.45, 2.75) is 51.9 Å². The van der Waals surface area contributed by atoms with Gasteiger partial charge in [-0.2, -0.15) is 0 Å². The lowest BCUT2D eigenvalue weighted by Crippen LogP contribution is -2.51. The van der Waals surface area contributed by atoms with E-state index < -0.39 is 5.97 Å². The van der Waals surface area contributed by atoms with E-state index in [0.717, 1.165) is 51.6 Å². The number of hydrogen-bond acceptors (Lipinski definition) is 3. The van der Waals surface area contributed by atoms with Gasteiger partial charge in [0.05, 0.1) is 11.8 Å². The third kappa shape index (κ3) is 3.14. The van der Waals surface area contributed by atoms with Crippen molar-refractivity contribution >= 4 is 11.9 Å². The summed E-state index contributed by atoms with van der Waals surface area (Å²) >= 11 is 0. The van der Waals surface area contributed by atoms with Crippen molar-refractivity contribution in [1.82, 2.24) is 10.6 Å². The molecule has 2 fully saturated rings. The lowest BCUT2D eigenvalue weighted by molar-refractivity contribution is -0.142. The predicted octanol–water partition coefficient (Wildman–Crippen LogP) is 1.53. The minimum Gasteiger partial charge on any atom is -0.481 e. The van der Waals surface area contributed by atoms with Gasteiger partial charge in [0.1, 0.15) is 0 Å². The van der Waals surface area contributed by atoms with E-state index in [1.165, 1.54) is 0 Å². The Morgan fingerprint density at radius 2 is 1.85 bits per heavy atom. The van der Waals surface area contributed by atoms with Crippen molar-refractivity contribution in [2.24, 2.45) is 10.8 Å². The zero-order valence-corrected chi connectivity index (χ0v) is 12.3. The summed E-state index contributed by atoms with van der Waals surface area (Å²) in [6.45, 7) is 4.37. The second-order valence-corrected chi connectivity index (χ2v) is 6.49. The Labute approximate surface area is 120 Å². The van der Waals surface area contributed by atoms with Crippen molar-refractivity contribution in [3.8, 4) is 0 Å². The van der Waals surface area contributed by atoms with Crippen molar-refractivity contribution in [2.75, 3.05) is 19.6 Å². The summed E-state index contributed by atoms with van der Waals surface area (Å²) in [7, 11) is 0. The van der Waals surface area contributed by atoms with Crippen molar-refractivity contribution in [3.63, 3.8) is 0 Å². The number of piperidine rings is 1. The van der Waals surface area contributed by atoms with Crippen LogP contribution in [0.15, 0.2) is 0 Å². The molecule has 1 saturated carbocycles. The van der Waals surface area contributed by atoms with E-state index in [1.54, 1.807) is 0 Å². The Hall–Kier alpha value is -1.10. The maximum absolute atomic E-state index is 12.5. The first kappa shape index (κ1) is 15.3. The molecule has 5 nitrogen and oxygen atoms in total. The SMILES string of the molecule is CCC1(C(=O)NCC2(CC(=O)O)CCC2)CCNCC1. The van der Waals surface area contributed by atoms with E-state index in [9.17, 15) is 9.59 Å². The van der Waals surface area contributed by atoms with Crippen LogP contribution in [0.4, 0.5) is 0 Å². The van der Waals surface area contributed by atoms with Gasteiger partial charge in [0.15, 0.2) is 0 Å². The van der Waals surface area contributed by atoms with Crippen LogP contribution < -0.4 is 10.6 Å². The maximum atomic E-state index is 12.5. The monoisotopic (exact) mass is 282 g/mol. The highest BCUT2D eigenvalue weighted by Crippen LogP contribution is 2.43. The average molecular weight is 282 g/mol. The Bertz CT molecular complexity index is 371. The second-order valence-electron chi connectivity index (χ2n) is 6.49. The van der Waals surface area contributed by atoms with Gasteiger partial charge in [-0.3, -0.25) is 9.59 Å². The number of carbonyl (C=O) groups excluding carboxylic acids is 1. The molecule has 0 aromatic heterocycles. The molecular weight excluding hydrogens is 256 g/mol. The fourth-order valence-electron chi connectivity index (χ4n) is 3.52. The molecule has 0 radical (unpaired) electrons. The number of carboxylic acids is 1. The average Bonchev–Trinajstić information content (AvgIpc) is 2.41. The van der Waals surface area contributed by atoms with E-state index in [-0.39, 0.29) is 23.2 Å². The number of amides is 1. The highest BCUT2D eigenvalue weighted by molar-refractivity contribution is 5.82. The van der Waals surface area contributed by atoms with Gasteiger partial charge in [-0.25, -0.2) is 0 Å². The molecule has 1 aliphatic heterocycles. The molecule has 0 bridgehead atoms. The van der Waals surface area contributed by atoms with Crippen LogP contribution in [0.5, 0.6) is 0 Å². The van der Waals surface area contributed by atoms with Gasteiger partial charge in [-0.05, 0) is 50.6 Å². The summed E-state index contributed by atoms with van der Waals surface area (Å²) in [6, 6.07) is 0. The number of nitrogens with one attached hydrogen (secondary N) is 2. The fourth-order valence-corrected chi connectivity index (χ4v) is 3.52. The summed E-state index contributed by atoms with van der Waals surface area (Å²) < 4.78 is 0. The summed E-state index contributed by atoms with van der Waals surface area (Å²) in [4.78, 5) is 23.5. The van der Waals surface area contributed by atoms with Crippen LogP contribution in [0.3, 0.4) is 0 Å². The molecule has 3 N–H and O–H groups in total. The molecule has 1 aliphatic carbocycles. The van der Waals surface area contributed by atoms with Crippen LogP contribution in [-0.2, 0) is 9.59 Å². The second kappa shape index (κ2) is 6.12. The normalized spacial score (nSPS) is 23.6. The molecule has 2 aliphatic rings. The molecule has 5 heteroatoms. The lowest BCUT2D eigenvalue weighted by Gasteiger charge is -2.42. The van der Waals surface area contributed by atoms with Crippen LogP contribution in [-0.4, -0.2) is 36.6 Å². The van der Waals surface area contributed by atoms with Crippen LogP contribution in [0.1, 0.15) is 51.9 Å². The quantitative estimate of drug-likeness (QED) is 0.690. The van der Waals surface area contributed by atoms with E-state index in [0.29, 0.717) is 6.54 Å². The van der Waals surface area contributed by atoms with Gasteiger partial charge in [0.2, 0.25) is 5.91 Å². The lowest BCUT2D eigenvalue weighted by atomic mass is 9.66. The Kier molecular flexibility index (Phi) is 4.68. The first-order valence-corrected chi connectivity index (χ1v) is 7.73. The third-order valence-corrected chi connectivity index (χ3v) is 5.28. The maximum Gasteiger partial charge on any atom is 0.303 e. The highest BCUT2D eigenvalue weighted by atomic mass is 16.4. The molecule has 0 atom stereocenters. The molecule has 0 unspecified atom stereocenters.